The van der Waals surface area contributed by atoms with Gasteiger partial charge in [0.05, 0.1) is 6.04 Å². The minimum Gasteiger partial charge on any atom is -0.338 e. The summed E-state index contributed by atoms with van der Waals surface area (Å²) < 4.78 is 0. The summed E-state index contributed by atoms with van der Waals surface area (Å²) in [5.41, 5.74) is 1.61. The maximum absolute atomic E-state index is 12.5. The van der Waals surface area contributed by atoms with E-state index < -0.39 is 18.1 Å². The molecule has 1 aromatic rings. The van der Waals surface area contributed by atoms with Gasteiger partial charge in [0.1, 0.15) is 0 Å². The van der Waals surface area contributed by atoms with Crippen molar-refractivity contribution in [2.75, 3.05) is 11.9 Å². The Hall–Kier alpha value is -2.15. The Balaban J connectivity index is 2.44. The topological polar surface area (TPSA) is 78.5 Å². The van der Waals surface area contributed by atoms with Gasteiger partial charge in [-0.2, -0.15) is 0 Å². The van der Waals surface area contributed by atoms with Gasteiger partial charge in [-0.25, -0.2) is 14.5 Å². The summed E-state index contributed by atoms with van der Waals surface area (Å²) >= 11 is 3.30. The van der Waals surface area contributed by atoms with E-state index in [4.69, 9.17) is 0 Å². The third-order valence-electron chi connectivity index (χ3n) is 3.75. The average Bonchev–Trinajstić information content (AvgIpc) is 2.54. The van der Waals surface area contributed by atoms with E-state index in [2.05, 4.69) is 26.6 Å². The van der Waals surface area contributed by atoms with Crippen molar-refractivity contribution in [3.05, 3.63) is 47.2 Å². The first-order valence-electron chi connectivity index (χ1n) is 7.68. The minimum atomic E-state index is -0.735. The molecular weight excluding hydrogens is 374 g/mol. The SMILES string of the molecule is CC(=O)C1=C(C)NC(=O)N(C(=O)NCCCBr)C1c1ccccc1. The van der Waals surface area contributed by atoms with Crippen LogP contribution in [0.2, 0.25) is 0 Å². The number of hydrogen-bond acceptors (Lipinski definition) is 3. The first kappa shape index (κ1) is 18.2. The molecule has 7 heteroatoms. The predicted octanol–water partition coefficient (Wildman–Crippen LogP) is 3.11. The van der Waals surface area contributed by atoms with E-state index in [1.54, 1.807) is 19.1 Å². The molecule has 0 fully saturated rings. The Morgan fingerprint density at radius 3 is 2.54 bits per heavy atom. The molecule has 0 spiro atoms. The van der Waals surface area contributed by atoms with Crippen molar-refractivity contribution in [3.63, 3.8) is 0 Å². The molecule has 1 atom stereocenters. The fourth-order valence-corrected chi connectivity index (χ4v) is 2.98. The van der Waals surface area contributed by atoms with Crippen LogP contribution in [0.1, 0.15) is 31.9 Å². The van der Waals surface area contributed by atoms with Crippen molar-refractivity contribution in [2.24, 2.45) is 0 Å². The molecule has 4 amide bonds. The lowest BCUT2D eigenvalue weighted by Crippen LogP contribution is -2.54. The van der Waals surface area contributed by atoms with Crippen molar-refractivity contribution in [2.45, 2.75) is 26.3 Å². The fraction of sp³-hybridized carbons (Fsp3) is 0.353. The number of ketones is 1. The van der Waals surface area contributed by atoms with Gasteiger partial charge in [-0.3, -0.25) is 4.79 Å². The van der Waals surface area contributed by atoms with Crippen LogP contribution in [-0.4, -0.2) is 34.6 Å². The van der Waals surface area contributed by atoms with Crippen LogP contribution >= 0.6 is 15.9 Å². The summed E-state index contributed by atoms with van der Waals surface area (Å²) in [6.07, 6.45) is 0.742. The van der Waals surface area contributed by atoms with Crippen LogP contribution < -0.4 is 10.6 Å². The van der Waals surface area contributed by atoms with E-state index in [1.807, 2.05) is 18.2 Å². The van der Waals surface area contributed by atoms with Crippen molar-refractivity contribution in [3.8, 4) is 0 Å². The van der Waals surface area contributed by atoms with E-state index in [1.165, 1.54) is 6.92 Å². The van der Waals surface area contributed by atoms with E-state index in [0.29, 0.717) is 23.4 Å². The highest BCUT2D eigenvalue weighted by atomic mass is 79.9. The molecule has 24 heavy (non-hydrogen) atoms. The van der Waals surface area contributed by atoms with Crippen LogP contribution in [0.4, 0.5) is 9.59 Å². The Labute approximate surface area is 149 Å². The molecule has 1 heterocycles. The Morgan fingerprint density at radius 1 is 1.29 bits per heavy atom. The number of carbonyl (C=O) groups is 3. The summed E-state index contributed by atoms with van der Waals surface area (Å²) in [5.74, 6) is -0.181. The molecule has 1 aliphatic heterocycles. The van der Waals surface area contributed by atoms with Gasteiger partial charge in [0.25, 0.3) is 0 Å². The average molecular weight is 394 g/mol. The van der Waals surface area contributed by atoms with E-state index in [0.717, 1.165) is 16.7 Å². The van der Waals surface area contributed by atoms with E-state index in [-0.39, 0.29) is 5.78 Å². The zero-order chi connectivity index (χ0) is 17.7. The van der Waals surface area contributed by atoms with Crippen LogP contribution in [-0.2, 0) is 4.79 Å². The maximum atomic E-state index is 12.5. The van der Waals surface area contributed by atoms with Crippen molar-refractivity contribution in [1.82, 2.24) is 15.5 Å². The molecule has 0 saturated heterocycles. The number of Topliss-reactive ketones (excluding diaryl/α,β-unsaturated/α-hetero) is 1. The molecule has 0 saturated carbocycles. The van der Waals surface area contributed by atoms with Crippen LogP contribution in [0.25, 0.3) is 0 Å². The van der Waals surface area contributed by atoms with Crippen LogP contribution in [0.3, 0.4) is 0 Å². The number of benzene rings is 1. The van der Waals surface area contributed by atoms with Crippen LogP contribution in [0.5, 0.6) is 0 Å². The molecule has 128 valence electrons. The fourth-order valence-electron chi connectivity index (χ4n) is 2.70. The summed E-state index contributed by atoms with van der Waals surface area (Å²) in [7, 11) is 0. The summed E-state index contributed by atoms with van der Waals surface area (Å²) in [4.78, 5) is 38.2. The van der Waals surface area contributed by atoms with Gasteiger partial charge in [-0.15, -0.1) is 0 Å². The molecule has 2 N–H and O–H groups in total. The quantitative estimate of drug-likeness (QED) is 0.595. The molecule has 6 nitrogen and oxygen atoms in total. The van der Waals surface area contributed by atoms with Crippen molar-refractivity contribution in [1.29, 1.82) is 0 Å². The number of carbonyl (C=O) groups excluding carboxylic acids is 3. The van der Waals surface area contributed by atoms with Gasteiger partial charge in [-0.1, -0.05) is 46.3 Å². The molecule has 0 aromatic heterocycles. The zero-order valence-corrected chi connectivity index (χ0v) is 15.2. The van der Waals surface area contributed by atoms with Crippen molar-refractivity contribution < 1.29 is 14.4 Å². The second-order valence-corrected chi connectivity index (χ2v) is 6.28. The smallest absolute Gasteiger partial charge is 0.330 e. The van der Waals surface area contributed by atoms with E-state index in [9.17, 15) is 14.4 Å². The number of halogens is 1. The standard InChI is InChI=1S/C17H20BrN3O3/c1-11-14(12(2)22)15(13-7-4-3-5-8-13)21(17(24)20-11)16(23)19-10-6-9-18/h3-5,7-8,15H,6,9-10H2,1-2H3,(H,19,23)(H,20,24). The molecular formula is C17H20BrN3O3. The van der Waals surface area contributed by atoms with Gasteiger partial charge < -0.3 is 10.6 Å². The highest BCUT2D eigenvalue weighted by Crippen LogP contribution is 2.33. The van der Waals surface area contributed by atoms with Gasteiger partial charge in [-0.05, 0) is 25.8 Å². The number of imide groups is 1. The largest absolute Gasteiger partial charge is 0.338 e. The molecule has 1 aromatic carbocycles. The van der Waals surface area contributed by atoms with Crippen LogP contribution in [0, 0.1) is 0 Å². The number of rotatable bonds is 5. The van der Waals surface area contributed by atoms with Gasteiger partial charge in [0, 0.05) is 23.1 Å². The monoisotopic (exact) mass is 393 g/mol. The zero-order valence-electron chi connectivity index (χ0n) is 13.6. The summed E-state index contributed by atoms with van der Waals surface area (Å²) in [6.45, 7) is 3.55. The Morgan fingerprint density at radius 2 is 1.96 bits per heavy atom. The maximum Gasteiger partial charge on any atom is 0.330 e. The number of allylic oxidation sites excluding steroid dienone is 1. The Bertz CT molecular complexity index is 673. The summed E-state index contributed by atoms with van der Waals surface area (Å²) in [5, 5.41) is 6.08. The molecule has 2 rings (SSSR count). The number of hydrogen-bond donors (Lipinski definition) is 2. The lowest BCUT2D eigenvalue weighted by Gasteiger charge is -2.36. The normalized spacial score (nSPS) is 17.5. The highest BCUT2D eigenvalue weighted by Gasteiger charge is 2.39. The lowest BCUT2D eigenvalue weighted by atomic mass is 9.91. The van der Waals surface area contributed by atoms with Crippen molar-refractivity contribution >= 4 is 33.8 Å². The minimum absolute atomic E-state index is 0.181. The van der Waals surface area contributed by atoms with Gasteiger partial charge in [0.2, 0.25) is 0 Å². The number of amides is 4. The highest BCUT2D eigenvalue weighted by molar-refractivity contribution is 9.09. The molecule has 0 aliphatic carbocycles. The summed E-state index contributed by atoms with van der Waals surface area (Å²) in [6, 6.07) is 7.29. The Kier molecular flexibility index (Phi) is 6.14. The third-order valence-corrected chi connectivity index (χ3v) is 4.31. The number of nitrogens with zero attached hydrogens (tertiary/aromatic N) is 1. The van der Waals surface area contributed by atoms with Gasteiger partial charge >= 0.3 is 12.1 Å². The molecule has 0 radical (unpaired) electrons. The van der Waals surface area contributed by atoms with Gasteiger partial charge in [0.15, 0.2) is 5.78 Å². The first-order chi connectivity index (χ1) is 11.5. The van der Waals surface area contributed by atoms with E-state index >= 15 is 0 Å². The number of nitrogens with one attached hydrogen (secondary N) is 2. The molecule has 1 unspecified atom stereocenters. The lowest BCUT2D eigenvalue weighted by molar-refractivity contribution is -0.114. The molecule has 1 aliphatic rings. The predicted molar refractivity (Wildman–Crippen MR) is 94.7 cm³/mol. The number of urea groups is 2. The van der Waals surface area contributed by atoms with Crippen LogP contribution in [0.15, 0.2) is 41.6 Å². The molecule has 0 bridgehead atoms. The number of alkyl halides is 1. The third kappa shape index (κ3) is 3.84. The first-order valence-corrected chi connectivity index (χ1v) is 8.80. The second kappa shape index (κ2) is 8.10. The second-order valence-electron chi connectivity index (χ2n) is 5.48.